The Morgan fingerprint density at radius 1 is 1.09 bits per heavy atom. The molecule has 0 aliphatic rings. The quantitative estimate of drug-likeness (QED) is 0.173. The molecule has 0 saturated carbocycles. The molecule has 0 bridgehead atoms. The molecule has 0 radical (unpaired) electrons. The monoisotopic (exact) mass is 494 g/mol. The number of methoxy groups -OCH3 is 1. The van der Waals surface area contributed by atoms with E-state index in [-0.39, 0.29) is 5.91 Å². The molecule has 0 saturated heterocycles. The van der Waals surface area contributed by atoms with Gasteiger partial charge in [0, 0.05) is 20.2 Å². The molecular formula is C25H30N6O3S. The molecule has 4 rings (SSSR count). The number of amides is 1. The molecule has 0 aliphatic carbocycles. The van der Waals surface area contributed by atoms with Gasteiger partial charge in [-0.2, -0.15) is 5.10 Å². The summed E-state index contributed by atoms with van der Waals surface area (Å²) in [6.07, 6.45) is 1.75. The molecule has 0 fully saturated rings. The lowest BCUT2D eigenvalue weighted by Gasteiger charge is -2.14. The second-order valence-electron chi connectivity index (χ2n) is 7.66. The number of benzene rings is 2. The van der Waals surface area contributed by atoms with Crippen LogP contribution in [-0.2, 0) is 11.3 Å². The Kier molecular flexibility index (Phi) is 8.38. The third-order valence-corrected chi connectivity index (χ3v) is 6.10. The maximum absolute atomic E-state index is 13.2. The SMILES string of the molecule is CCOc1ccc2ccccc2c1C(=O)NCCn1ncc2c(NCCOC)nc(SCC)nc21. The van der Waals surface area contributed by atoms with Crippen molar-refractivity contribution in [1.82, 2.24) is 25.1 Å². The van der Waals surface area contributed by atoms with Crippen LogP contribution in [0, 0.1) is 0 Å². The fourth-order valence-electron chi connectivity index (χ4n) is 3.82. The summed E-state index contributed by atoms with van der Waals surface area (Å²) in [7, 11) is 1.66. The standard InChI is InChI=1S/C25H30N6O3S/c1-4-34-20-11-10-17-8-6-7-9-18(17)21(20)24(32)27-12-14-31-23-19(16-28-31)22(26-13-15-33-3)29-25(30-23)35-5-2/h6-11,16H,4-5,12-15H2,1-3H3,(H,27,32)(H,26,29,30). The molecule has 10 heteroatoms. The molecule has 9 nitrogen and oxygen atoms in total. The summed E-state index contributed by atoms with van der Waals surface area (Å²) in [5, 5.41) is 14.2. The van der Waals surface area contributed by atoms with Crippen LogP contribution in [0.15, 0.2) is 47.8 Å². The van der Waals surface area contributed by atoms with E-state index in [1.807, 2.05) is 43.3 Å². The molecule has 2 aromatic heterocycles. The maximum atomic E-state index is 13.2. The van der Waals surface area contributed by atoms with Gasteiger partial charge in [0.1, 0.15) is 11.6 Å². The number of rotatable bonds is 12. The number of aromatic nitrogens is 4. The van der Waals surface area contributed by atoms with Gasteiger partial charge in [-0.05, 0) is 29.5 Å². The highest BCUT2D eigenvalue weighted by Crippen LogP contribution is 2.28. The van der Waals surface area contributed by atoms with Gasteiger partial charge in [-0.1, -0.05) is 49.0 Å². The van der Waals surface area contributed by atoms with Crippen molar-refractivity contribution in [3.05, 3.63) is 48.2 Å². The van der Waals surface area contributed by atoms with Crippen molar-refractivity contribution in [2.75, 3.05) is 44.5 Å². The largest absolute Gasteiger partial charge is 0.493 e. The number of carbonyl (C=O) groups is 1. The second kappa shape index (κ2) is 11.9. The number of thioether (sulfide) groups is 1. The minimum absolute atomic E-state index is 0.180. The number of ether oxygens (including phenoxy) is 2. The van der Waals surface area contributed by atoms with E-state index < -0.39 is 0 Å². The van der Waals surface area contributed by atoms with Gasteiger partial charge in [-0.15, -0.1) is 0 Å². The van der Waals surface area contributed by atoms with E-state index in [0.717, 1.165) is 33.4 Å². The first kappa shape index (κ1) is 24.7. The summed E-state index contributed by atoms with van der Waals surface area (Å²) < 4.78 is 12.7. The lowest BCUT2D eigenvalue weighted by atomic mass is 10.0. The Morgan fingerprint density at radius 3 is 2.74 bits per heavy atom. The van der Waals surface area contributed by atoms with Gasteiger partial charge in [0.25, 0.3) is 5.91 Å². The first-order valence-corrected chi connectivity index (χ1v) is 12.7. The van der Waals surface area contributed by atoms with Gasteiger partial charge in [0.15, 0.2) is 10.8 Å². The minimum atomic E-state index is -0.180. The van der Waals surface area contributed by atoms with Crippen molar-refractivity contribution >= 4 is 45.3 Å². The van der Waals surface area contributed by atoms with E-state index >= 15 is 0 Å². The van der Waals surface area contributed by atoms with Gasteiger partial charge in [0.05, 0.1) is 36.9 Å². The lowest BCUT2D eigenvalue weighted by molar-refractivity contribution is 0.0950. The third-order valence-electron chi connectivity index (χ3n) is 5.37. The smallest absolute Gasteiger partial charge is 0.255 e. The van der Waals surface area contributed by atoms with Crippen LogP contribution in [0.2, 0.25) is 0 Å². The molecule has 35 heavy (non-hydrogen) atoms. The topological polar surface area (TPSA) is 103 Å². The van der Waals surface area contributed by atoms with Crippen LogP contribution in [-0.4, -0.2) is 64.8 Å². The minimum Gasteiger partial charge on any atom is -0.493 e. The third kappa shape index (κ3) is 5.66. The fourth-order valence-corrected chi connectivity index (χ4v) is 4.39. The number of nitrogens with zero attached hydrogens (tertiary/aromatic N) is 4. The number of fused-ring (bicyclic) bond motifs is 2. The molecule has 0 spiro atoms. The first-order chi connectivity index (χ1) is 17.2. The van der Waals surface area contributed by atoms with Crippen molar-refractivity contribution in [3.8, 4) is 5.75 Å². The average molecular weight is 495 g/mol. The predicted molar refractivity (Wildman–Crippen MR) is 140 cm³/mol. The fraction of sp³-hybridized carbons (Fsp3) is 0.360. The molecule has 2 aromatic carbocycles. The van der Waals surface area contributed by atoms with Gasteiger partial charge in [-0.25, -0.2) is 14.6 Å². The zero-order valence-electron chi connectivity index (χ0n) is 20.2. The molecule has 184 valence electrons. The second-order valence-corrected chi connectivity index (χ2v) is 8.89. The van der Waals surface area contributed by atoms with Gasteiger partial charge >= 0.3 is 0 Å². The zero-order chi connectivity index (χ0) is 24.6. The van der Waals surface area contributed by atoms with Crippen LogP contribution in [0.5, 0.6) is 5.75 Å². The first-order valence-electron chi connectivity index (χ1n) is 11.7. The van der Waals surface area contributed by atoms with E-state index in [2.05, 4.69) is 27.6 Å². The molecule has 2 N–H and O–H groups in total. The molecule has 0 aliphatic heterocycles. The number of carbonyl (C=O) groups excluding carboxylic acids is 1. The molecule has 0 atom stereocenters. The number of nitrogens with one attached hydrogen (secondary N) is 2. The van der Waals surface area contributed by atoms with Crippen molar-refractivity contribution in [2.24, 2.45) is 0 Å². The lowest BCUT2D eigenvalue weighted by Crippen LogP contribution is -2.28. The van der Waals surface area contributed by atoms with Gasteiger partial charge in [-0.3, -0.25) is 4.79 Å². The van der Waals surface area contributed by atoms with E-state index in [1.165, 1.54) is 0 Å². The normalized spacial score (nSPS) is 11.2. The summed E-state index contributed by atoms with van der Waals surface area (Å²) in [6, 6.07) is 11.6. The molecule has 4 aromatic rings. The van der Waals surface area contributed by atoms with Crippen molar-refractivity contribution in [1.29, 1.82) is 0 Å². The maximum Gasteiger partial charge on any atom is 0.255 e. The summed E-state index contributed by atoms with van der Waals surface area (Å²) in [5.74, 6) is 1.99. The Labute approximate surface area is 208 Å². The van der Waals surface area contributed by atoms with E-state index in [1.54, 1.807) is 29.8 Å². The number of hydrogen-bond acceptors (Lipinski definition) is 8. The van der Waals surface area contributed by atoms with Crippen LogP contribution in [0.25, 0.3) is 21.8 Å². The summed E-state index contributed by atoms with van der Waals surface area (Å²) in [5.41, 5.74) is 1.27. The van der Waals surface area contributed by atoms with Gasteiger partial charge in [0.2, 0.25) is 0 Å². The molecule has 0 unspecified atom stereocenters. The summed E-state index contributed by atoms with van der Waals surface area (Å²) >= 11 is 1.57. The van der Waals surface area contributed by atoms with Crippen molar-refractivity contribution in [2.45, 2.75) is 25.5 Å². The van der Waals surface area contributed by atoms with Gasteiger partial charge < -0.3 is 20.1 Å². The number of anilines is 1. The van der Waals surface area contributed by atoms with E-state index in [4.69, 9.17) is 14.5 Å². The van der Waals surface area contributed by atoms with Crippen LogP contribution >= 0.6 is 11.8 Å². The Bertz CT molecular complexity index is 1310. The summed E-state index contributed by atoms with van der Waals surface area (Å²) in [4.78, 5) is 22.5. The Hall–Kier alpha value is -3.37. The van der Waals surface area contributed by atoms with Crippen molar-refractivity contribution < 1.29 is 14.3 Å². The molecule has 1 amide bonds. The average Bonchev–Trinajstić information content (AvgIpc) is 3.27. The number of hydrogen-bond donors (Lipinski definition) is 2. The highest BCUT2D eigenvalue weighted by atomic mass is 32.2. The Balaban J connectivity index is 1.53. The van der Waals surface area contributed by atoms with Crippen molar-refractivity contribution in [3.63, 3.8) is 0 Å². The van der Waals surface area contributed by atoms with Crippen LogP contribution in [0.4, 0.5) is 5.82 Å². The van der Waals surface area contributed by atoms with Crippen LogP contribution in [0.1, 0.15) is 24.2 Å². The predicted octanol–water partition coefficient (Wildman–Crippen LogP) is 3.98. The summed E-state index contributed by atoms with van der Waals surface area (Å²) in [6.45, 7) is 6.51. The molecule has 2 heterocycles. The Morgan fingerprint density at radius 2 is 1.94 bits per heavy atom. The molecular weight excluding hydrogens is 464 g/mol. The zero-order valence-corrected chi connectivity index (χ0v) is 21.0. The highest BCUT2D eigenvalue weighted by Gasteiger charge is 2.17. The van der Waals surface area contributed by atoms with E-state index in [0.29, 0.717) is 49.3 Å². The highest BCUT2D eigenvalue weighted by molar-refractivity contribution is 7.99. The van der Waals surface area contributed by atoms with E-state index in [9.17, 15) is 4.79 Å². The van der Waals surface area contributed by atoms with Crippen LogP contribution < -0.4 is 15.4 Å². The van der Waals surface area contributed by atoms with Crippen LogP contribution in [0.3, 0.4) is 0 Å².